The van der Waals surface area contributed by atoms with Crippen molar-refractivity contribution in [1.29, 1.82) is 0 Å². The lowest BCUT2D eigenvalue weighted by Crippen LogP contribution is -2.36. The average Bonchev–Trinajstić information content (AvgIpc) is 2.13. The van der Waals surface area contributed by atoms with Crippen LogP contribution >= 0.6 is 0 Å². The summed E-state index contributed by atoms with van der Waals surface area (Å²) in [6, 6.07) is -0.410. The molecule has 5 nitrogen and oxygen atoms in total. The molecule has 0 saturated carbocycles. The lowest BCUT2D eigenvalue weighted by Gasteiger charge is -2.19. The molecule has 94 valence electrons. The zero-order chi connectivity index (χ0) is 12.8. The predicted molar refractivity (Wildman–Crippen MR) is 59.9 cm³/mol. The average molecular weight is 231 g/mol. The normalized spacial score (nSPS) is 13.1. The van der Waals surface area contributed by atoms with Gasteiger partial charge in [0.2, 0.25) is 0 Å². The smallest absolute Gasteiger partial charge is 0.322 e. The van der Waals surface area contributed by atoms with Gasteiger partial charge in [-0.05, 0) is 27.7 Å². The molecular formula is C11H21NO4. The second kappa shape index (κ2) is 6.48. The monoisotopic (exact) mass is 231 g/mol. The Kier molecular flexibility index (Phi) is 6.03. The molecule has 5 heteroatoms. The second-order valence-electron chi connectivity index (χ2n) is 4.54. The van der Waals surface area contributed by atoms with Gasteiger partial charge in [-0.15, -0.1) is 0 Å². The molecule has 1 unspecified atom stereocenters. The summed E-state index contributed by atoms with van der Waals surface area (Å²) < 4.78 is 9.64. The van der Waals surface area contributed by atoms with Gasteiger partial charge in [0.05, 0.1) is 13.5 Å². The Labute approximate surface area is 96.5 Å². The number of carbonyl (C=O) groups is 2. The Morgan fingerprint density at radius 2 is 1.88 bits per heavy atom. The van der Waals surface area contributed by atoms with Crippen molar-refractivity contribution >= 4 is 11.9 Å². The lowest BCUT2D eigenvalue weighted by atomic mass is 10.2. The maximum Gasteiger partial charge on any atom is 0.322 e. The topological polar surface area (TPSA) is 64.6 Å². The molecule has 16 heavy (non-hydrogen) atoms. The highest BCUT2D eigenvalue weighted by Gasteiger charge is 2.17. The van der Waals surface area contributed by atoms with E-state index in [9.17, 15) is 9.59 Å². The zero-order valence-electron chi connectivity index (χ0n) is 10.6. The second-order valence-corrected chi connectivity index (χ2v) is 4.54. The van der Waals surface area contributed by atoms with Gasteiger partial charge >= 0.3 is 11.9 Å². The molecule has 0 fully saturated rings. The van der Waals surface area contributed by atoms with Gasteiger partial charge in [0.15, 0.2) is 0 Å². The van der Waals surface area contributed by atoms with Gasteiger partial charge in [0, 0.05) is 6.54 Å². The van der Waals surface area contributed by atoms with Crippen LogP contribution in [-0.2, 0) is 19.1 Å². The molecule has 0 radical (unpaired) electrons. The van der Waals surface area contributed by atoms with Gasteiger partial charge in [-0.2, -0.15) is 0 Å². The largest absolute Gasteiger partial charge is 0.468 e. The minimum absolute atomic E-state index is 0.235. The molecule has 0 aliphatic rings. The van der Waals surface area contributed by atoms with Crippen LogP contribution < -0.4 is 5.32 Å². The van der Waals surface area contributed by atoms with Crippen LogP contribution in [0.25, 0.3) is 0 Å². The third kappa shape index (κ3) is 7.23. The first kappa shape index (κ1) is 14.9. The van der Waals surface area contributed by atoms with Crippen LogP contribution in [0.1, 0.15) is 34.1 Å². The summed E-state index contributed by atoms with van der Waals surface area (Å²) in [6.45, 7) is 7.52. The molecule has 0 heterocycles. The standard InChI is InChI=1S/C11H21NO4/c1-8(10(14)15-5)12-7-6-9(13)16-11(2,3)4/h8,12H,6-7H2,1-5H3. The lowest BCUT2D eigenvalue weighted by molar-refractivity contribution is -0.155. The highest BCUT2D eigenvalue weighted by Crippen LogP contribution is 2.07. The van der Waals surface area contributed by atoms with E-state index in [1.807, 2.05) is 20.8 Å². The Morgan fingerprint density at radius 3 is 2.31 bits per heavy atom. The van der Waals surface area contributed by atoms with Crippen LogP contribution in [0.15, 0.2) is 0 Å². The zero-order valence-corrected chi connectivity index (χ0v) is 10.6. The molecule has 0 aliphatic heterocycles. The molecule has 0 amide bonds. The highest BCUT2D eigenvalue weighted by atomic mass is 16.6. The first-order valence-electron chi connectivity index (χ1n) is 5.29. The van der Waals surface area contributed by atoms with Crippen molar-refractivity contribution < 1.29 is 19.1 Å². The summed E-state index contributed by atoms with van der Waals surface area (Å²) in [5, 5.41) is 2.87. The molecule has 1 N–H and O–H groups in total. The fourth-order valence-electron chi connectivity index (χ4n) is 1.04. The van der Waals surface area contributed by atoms with Gasteiger partial charge in [-0.1, -0.05) is 0 Å². The van der Waals surface area contributed by atoms with Crippen molar-refractivity contribution in [2.24, 2.45) is 0 Å². The van der Waals surface area contributed by atoms with E-state index in [0.29, 0.717) is 6.54 Å². The van der Waals surface area contributed by atoms with Crippen LogP contribution in [0.2, 0.25) is 0 Å². The number of carbonyl (C=O) groups excluding carboxylic acids is 2. The van der Waals surface area contributed by atoms with Gasteiger partial charge < -0.3 is 14.8 Å². The molecule has 0 aromatic carbocycles. The van der Waals surface area contributed by atoms with E-state index < -0.39 is 11.6 Å². The fourth-order valence-corrected chi connectivity index (χ4v) is 1.04. The number of hydrogen-bond donors (Lipinski definition) is 1. The molecule has 0 spiro atoms. The summed E-state index contributed by atoms with van der Waals surface area (Å²) in [7, 11) is 1.33. The van der Waals surface area contributed by atoms with Crippen LogP contribution in [0.3, 0.4) is 0 Å². The molecule has 1 atom stereocenters. The number of nitrogens with one attached hydrogen (secondary N) is 1. The summed E-state index contributed by atoms with van der Waals surface area (Å²) in [5.74, 6) is -0.624. The molecule has 0 bridgehead atoms. The SMILES string of the molecule is COC(=O)C(C)NCCC(=O)OC(C)(C)C. The summed E-state index contributed by atoms with van der Waals surface area (Å²) in [5.41, 5.74) is -0.467. The maximum absolute atomic E-state index is 11.3. The number of hydrogen-bond acceptors (Lipinski definition) is 5. The van der Waals surface area contributed by atoms with Crippen molar-refractivity contribution in [2.45, 2.75) is 45.8 Å². The first-order chi connectivity index (χ1) is 7.26. The van der Waals surface area contributed by atoms with Crippen molar-refractivity contribution in [3.05, 3.63) is 0 Å². The molecule has 0 aliphatic carbocycles. The Morgan fingerprint density at radius 1 is 1.31 bits per heavy atom. The van der Waals surface area contributed by atoms with Crippen LogP contribution in [-0.4, -0.2) is 37.2 Å². The molecule has 0 rings (SSSR count). The van der Waals surface area contributed by atoms with E-state index in [0.717, 1.165) is 0 Å². The van der Waals surface area contributed by atoms with E-state index in [1.165, 1.54) is 7.11 Å². The van der Waals surface area contributed by atoms with E-state index in [2.05, 4.69) is 10.1 Å². The summed E-state index contributed by atoms with van der Waals surface area (Å²) in [6.07, 6.45) is 0.235. The first-order valence-corrected chi connectivity index (χ1v) is 5.29. The van der Waals surface area contributed by atoms with E-state index in [1.54, 1.807) is 6.92 Å². The van der Waals surface area contributed by atoms with Gasteiger partial charge in [0.1, 0.15) is 11.6 Å². The van der Waals surface area contributed by atoms with Crippen LogP contribution in [0, 0.1) is 0 Å². The number of methoxy groups -OCH3 is 1. The molecule has 0 aromatic rings. The van der Waals surface area contributed by atoms with E-state index >= 15 is 0 Å². The number of rotatable bonds is 5. The Balaban J connectivity index is 3.74. The highest BCUT2D eigenvalue weighted by molar-refractivity contribution is 5.75. The van der Waals surface area contributed by atoms with Crippen LogP contribution in [0.4, 0.5) is 0 Å². The van der Waals surface area contributed by atoms with Crippen LogP contribution in [0.5, 0.6) is 0 Å². The van der Waals surface area contributed by atoms with Gasteiger partial charge in [0.25, 0.3) is 0 Å². The summed E-state index contributed by atoms with van der Waals surface area (Å²) >= 11 is 0. The Bertz CT molecular complexity index is 245. The van der Waals surface area contributed by atoms with Crippen molar-refractivity contribution in [1.82, 2.24) is 5.32 Å². The summed E-state index contributed by atoms with van der Waals surface area (Å²) in [4.78, 5) is 22.3. The number of ether oxygens (including phenoxy) is 2. The third-order valence-electron chi connectivity index (χ3n) is 1.75. The third-order valence-corrected chi connectivity index (χ3v) is 1.75. The number of esters is 2. The quantitative estimate of drug-likeness (QED) is 0.711. The van der Waals surface area contributed by atoms with E-state index in [4.69, 9.17) is 4.74 Å². The van der Waals surface area contributed by atoms with E-state index in [-0.39, 0.29) is 18.4 Å². The minimum Gasteiger partial charge on any atom is -0.468 e. The molecule has 0 aromatic heterocycles. The minimum atomic E-state index is -0.467. The predicted octanol–water partition coefficient (Wildman–Crippen LogP) is 0.869. The van der Waals surface area contributed by atoms with Crippen molar-refractivity contribution in [2.75, 3.05) is 13.7 Å². The maximum atomic E-state index is 11.3. The van der Waals surface area contributed by atoms with Crippen molar-refractivity contribution in [3.8, 4) is 0 Å². The van der Waals surface area contributed by atoms with Crippen molar-refractivity contribution in [3.63, 3.8) is 0 Å². The molecule has 0 saturated heterocycles. The van der Waals surface area contributed by atoms with Gasteiger partial charge in [-0.25, -0.2) is 0 Å². The Hall–Kier alpha value is -1.10. The fraction of sp³-hybridized carbons (Fsp3) is 0.818. The van der Waals surface area contributed by atoms with Gasteiger partial charge in [-0.3, -0.25) is 9.59 Å². The molecular weight excluding hydrogens is 210 g/mol.